The van der Waals surface area contributed by atoms with Crippen molar-refractivity contribution < 1.29 is 9.47 Å². The highest BCUT2D eigenvalue weighted by molar-refractivity contribution is 14.0. The van der Waals surface area contributed by atoms with Gasteiger partial charge in [-0.25, -0.2) is 0 Å². The standard InChI is InChI=1S/C20H32N4O2.HI/c1-21-20(22-15-16-7-10-24(11-8-16)12-14-25-2)23-18-9-13-26-19-6-4-3-5-17(18)19;/h3-6,16,18H,7-15H2,1-2H3,(H2,21,22,23);1H. The van der Waals surface area contributed by atoms with Crippen molar-refractivity contribution in [2.75, 3.05) is 53.6 Å². The number of hydrogen-bond donors (Lipinski definition) is 2. The van der Waals surface area contributed by atoms with E-state index < -0.39 is 0 Å². The van der Waals surface area contributed by atoms with Crippen LogP contribution in [0.4, 0.5) is 0 Å². The average molecular weight is 488 g/mol. The Labute approximate surface area is 180 Å². The molecule has 0 saturated carbocycles. The lowest BCUT2D eigenvalue weighted by Gasteiger charge is -2.32. The third-order valence-corrected chi connectivity index (χ3v) is 5.37. The summed E-state index contributed by atoms with van der Waals surface area (Å²) in [7, 11) is 3.61. The van der Waals surface area contributed by atoms with Gasteiger partial charge >= 0.3 is 0 Å². The first kappa shape index (κ1) is 22.2. The van der Waals surface area contributed by atoms with E-state index in [-0.39, 0.29) is 30.0 Å². The van der Waals surface area contributed by atoms with Crippen LogP contribution >= 0.6 is 24.0 Å². The molecular formula is C20H33IN4O2. The van der Waals surface area contributed by atoms with Crippen LogP contribution in [0.1, 0.15) is 30.9 Å². The maximum Gasteiger partial charge on any atom is 0.191 e. The van der Waals surface area contributed by atoms with E-state index in [4.69, 9.17) is 9.47 Å². The third kappa shape index (κ3) is 6.50. The summed E-state index contributed by atoms with van der Waals surface area (Å²) in [5.74, 6) is 2.57. The molecule has 27 heavy (non-hydrogen) atoms. The summed E-state index contributed by atoms with van der Waals surface area (Å²) < 4.78 is 10.9. The average Bonchev–Trinajstić information content (AvgIpc) is 2.70. The van der Waals surface area contributed by atoms with E-state index in [0.29, 0.717) is 5.92 Å². The Morgan fingerprint density at radius 2 is 2.04 bits per heavy atom. The number of nitrogens with zero attached hydrogens (tertiary/aromatic N) is 2. The van der Waals surface area contributed by atoms with Crippen LogP contribution in [-0.4, -0.2) is 64.4 Å². The van der Waals surface area contributed by atoms with Gasteiger partial charge in [-0.15, -0.1) is 24.0 Å². The van der Waals surface area contributed by atoms with Crippen LogP contribution in [0.2, 0.25) is 0 Å². The summed E-state index contributed by atoms with van der Waals surface area (Å²) in [5, 5.41) is 7.10. The number of ether oxygens (including phenoxy) is 2. The fourth-order valence-corrected chi connectivity index (χ4v) is 3.73. The van der Waals surface area contributed by atoms with Gasteiger partial charge in [-0.1, -0.05) is 18.2 Å². The fourth-order valence-electron chi connectivity index (χ4n) is 3.73. The van der Waals surface area contributed by atoms with Gasteiger partial charge in [-0.05, 0) is 37.9 Å². The first-order chi connectivity index (χ1) is 12.8. The number of fused-ring (bicyclic) bond motifs is 1. The molecule has 0 aliphatic carbocycles. The van der Waals surface area contributed by atoms with Gasteiger partial charge in [-0.3, -0.25) is 4.99 Å². The Bertz CT molecular complexity index is 591. The van der Waals surface area contributed by atoms with Crippen molar-refractivity contribution in [2.45, 2.75) is 25.3 Å². The summed E-state index contributed by atoms with van der Waals surface area (Å²) in [5.41, 5.74) is 1.22. The molecule has 2 heterocycles. The molecule has 1 unspecified atom stereocenters. The molecule has 0 aromatic heterocycles. The maximum absolute atomic E-state index is 5.75. The minimum Gasteiger partial charge on any atom is -0.493 e. The van der Waals surface area contributed by atoms with Crippen molar-refractivity contribution in [1.82, 2.24) is 15.5 Å². The largest absolute Gasteiger partial charge is 0.493 e. The molecule has 3 rings (SSSR count). The highest BCUT2D eigenvalue weighted by Gasteiger charge is 2.23. The van der Waals surface area contributed by atoms with Gasteiger partial charge < -0.3 is 25.0 Å². The molecule has 2 aliphatic rings. The molecule has 152 valence electrons. The van der Waals surface area contributed by atoms with E-state index in [0.717, 1.165) is 57.5 Å². The van der Waals surface area contributed by atoms with Gasteiger partial charge in [0.25, 0.3) is 0 Å². The lowest BCUT2D eigenvalue weighted by molar-refractivity contribution is 0.121. The zero-order chi connectivity index (χ0) is 18.2. The summed E-state index contributed by atoms with van der Waals surface area (Å²) in [6.45, 7) is 5.91. The van der Waals surface area contributed by atoms with Crippen molar-refractivity contribution in [3.05, 3.63) is 29.8 Å². The minimum absolute atomic E-state index is 0. The number of benzene rings is 1. The maximum atomic E-state index is 5.75. The summed E-state index contributed by atoms with van der Waals surface area (Å²) >= 11 is 0. The predicted octanol–water partition coefficient (Wildman–Crippen LogP) is 2.65. The molecule has 0 amide bonds. The van der Waals surface area contributed by atoms with Crippen LogP contribution in [0.5, 0.6) is 5.75 Å². The van der Waals surface area contributed by atoms with Gasteiger partial charge in [-0.2, -0.15) is 0 Å². The van der Waals surface area contributed by atoms with E-state index >= 15 is 0 Å². The van der Waals surface area contributed by atoms with E-state index in [2.05, 4.69) is 32.7 Å². The molecule has 1 aromatic carbocycles. The van der Waals surface area contributed by atoms with E-state index in [1.165, 1.54) is 18.4 Å². The normalized spacial score (nSPS) is 21.0. The molecular weight excluding hydrogens is 455 g/mol. The van der Waals surface area contributed by atoms with E-state index in [1.54, 1.807) is 7.11 Å². The predicted molar refractivity (Wildman–Crippen MR) is 120 cm³/mol. The second-order valence-electron chi connectivity index (χ2n) is 7.10. The van der Waals surface area contributed by atoms with Crippen LogP contribution < -0.4 is 15.4 Å². The molecule has 2 N–H and O–H groups in total. The molecule has 1 saturated heterocycles. The molecule has 6 nitrogen and oxygen atoms in total. The zero-order valence-corrected chi connectivity index (χ0v) is 18.8. The number of halogens is 1. The Hall–Kier alpha value is -1.06. The molecule has 7 heteroatoms. The quantitative estimate of drug-likeness (QED) is 0.367. The first-order valence-electron chi connectivity index (χ1n) is 9.70. The SMILES string of the molecule is CN=C(NCC1CCN(CCOC)CC1)NC1CCOc2ccccc21.I. The highest BCUT2D eigenvalue weighted by atomic mass is 127. The molecule has 1 fully saturated rings. The van der Waals surface area contributed by atoms with Crippen molar-refractivity contribution in [3.8, 4) is 5.75 Å². The number of nitrogens with one attached hydrogen (secondary N) is 2. The van der Waals surface area contributed by atoms with Gasteiger partial charge in [0.1, 0.15) is 5.75 Å². The van der Waals surface area contributed by atoms with Crippen LogP contribution in [0, 0.1) is 5.92 Å². The van der Waals surface area contributed by atoms with Gasteiger partial charge in [0.05, 0.1) is 19.3 Å². The lowest BCUT2D eigenvalue weighted by atomic mass is 9.97. The van der Waals surface area contributed by atoms with Crippen LogP contribution in [0.15, 0.2) is 29.3 Å². The van der Waals surface area contributed by atoms with Crippen molar-refractivity contribution >= 4 is 29.9 Å². The Kier molecular flexibility index (Phi) is 9.64. The number of piperidine rings is 1. The number of methoxy groups -OCH3 is 1. The number of guanidine groups is 1. The number of likely N-dealkylation sites (tertiary alicyclic amines) is 1. The summed E-state index contributed by atoms with van der Waals surface area (Å²) in [6.07, 6.45) is 3.41. The number of para-hydroxylation sites is 1. The van der Waals surface area contributed by atoms with Crippen molar-refractivity contribution in [3.63, 3.8) is 0 Å². The second-order valence-corrected chi connectivity index (χ2v) is 7.10. The Balaban J connectivity index is 0.00000261. The molecule has 0 bridgehead atoms. The molecule has 2 aliphatic heterocycles. The Morgan fingerprint density at radius 1 is 1.26 bits per heavy atom. The number of hydrogen-bond acceptors (Lipinski definition) is 4. The lowest BCUT2D eigenvalue weighted by Crippen LogP contribution is -2.45. The van der Waals surface area contributed by atoms with Gasteiger partial charge in [0.15, 0.2) is 5.96 Å². The topological polar surface area (TPSA) is 58.1 Å². The molecule has 0 spiro atoms. The smallest absolute Gasteiger partial charge is 0.191 e. The van der Waals surface area contributed by atoms with Crippen LogP contribution in [0.3, 0.4) is 0 Å². The third-order valence-electron chi connectivity index (χ3n) is 5.37. The van der Waals surface area contributed by atoms with Crippen LogP contribution in [-0.2, 0) is 4.74 Å². The fraction of sp³-hybridized carbons (Fsp3) is 0.650. The first-order valence-corrected chi connectivity index (χ1v) is 9.70. The summed E-state index contributed by atoms with van der Waals surface area (Å²) in [4.78, 5) is 6.91. The van der Waals surface area contributed by atoms with Crippen molar-refractivity contribution in [1.29, 1.82) is 0 Å². The monoisotopic (exact) mass is 488 g/mol. The van der Waals surface area contributed by atoms with E-state index in [1.807, 2.05) is 19.2 Å². The molecule has 0 radical (unpaired) electrons. The number of rotatable bonds is 6. The summed E-state index contributed by atoms with van der Waals surface area (Å²) in [6, 6.07) is 8.51. The molecule has 1 atom stereocenters. The van der Waals surface area contributed by atoms with Crippen LogP contribution in [0.25, 0.3) is 0 Å². The van der Waals surface area contributed by atoms with Crippen molar-refractivity contribution in [2.24, 2.45) is 10.9 Å². The minimum atomic E-state index is 0. The molecule has 1 aromatic rings. The van der Waals surface area contributed by atoms with Gasteiger partial charge in [0, 0.05) is 39.2 Å². The second kappa shape index (κ2) is 11.7. The number of aliphatic imine (C=N–C) groups is 1. The highest BCUT2D eigenvalue weighted by Crippen LogP contribution is 2.31. The zero-order valence-electron chi connectivity index (χ0n) is 16.4. The Morgan fingerprint density at radius 3 is 2.78 bits per heavy atom. The van der Waals surface area contributed by atoms with E-state index in [9.17, 15) is 0 Å². The van der Waals surface area contributed by atoms with Gasteiger partial charge in [0.2, 0.25) is 0 Å².